The number of phenolic OH excluding ortho intramolecular Hbond substituents is 1. The number of amides is 1. The van der Waals surface area contributed by atoms with Crippen molar-refractivity contribution in [3.8, 4) is 5.75 Å². The first kappa shape index (κ1) is 20.3. The van der Waals surface area contributed by atoms with Crippen molar-refractivity contribution in [1.82, 2.24) is 5.43 Å². The zero-order chi connectivity index (χ0) is 21.0. The predicted molar refractivity (Wildman–Crippen MR) is 115 cm³/mol. The molecule has 3 aromatic rings. The van der Waals surface area contributed by atoms with E-state index in [0.717, 1.165) is 21.3 Å². The molecule has 1 amide bonds. The average molecular weight is 411 g/mol. The number of rotatable bonds is 6. The number of aromatic hydroxyl groups is 1. The van der Waals surface area contributed by atoms with E-state index in [-0.39, 0.29) is 5.75 Å². The van der Waals surface area contributed by atoms with E-state index >= 15 is 0 Å². The normalized spacial score (nSPS) is 12.0. The van der Waals surface area contributed by atoms with Crippen LogP contribution in [0.15, 0.2) is 71.8 Å². The number of hydrazone groups is 1. The van der Waals surface area contributed by atoms with Crippen LogP contribution in [0.25, 0.3) is 10.8 Å². The lowest BCUT2D eigenvalue weighted by Gasteiger charge is -2.23. The highest BCUT2D eigenvalue weighted by Crippen LogP contribution is 2.28. The zero-order valence-corrected chi connectivity index (χ0v) is 16.8. The number of phenols is 1. The minimum absolute atomic E-state index is 0.0384. The highest BCUT2D eigenvalue weighted by atomic mass is 32.2. The van der Waals surface area contributed by atoms with Crippen LogP contribution >= 0.6 is 0 Å². The molecular formula is C21H21N3O4S. The molecular weight excluding hydrogens is 390 g/mol. The molecule has 0 unspecified atom stereocenters. The highest BCUT2D eigenvalue weighted by molar-refractivity contribution is 7.92. The number of carbonyl (C=O) groups is 1. The molecule has 2 N–H and O–H groups in total. The van der Waals surface area contributed by atoms with E-state index in [1.807, 2.05) is 24.3 Å². The van der Waals surface area contributed by atoms with E-state index in [9.17, 15) is 18.3 Å². The molecule has 0 saturated heterocycles. The van der Waals surface area contributed by atoms with Crippen LogP contribution in [0, 0.1) is 0 Å². The van der Waals surface area contributed by atoms with Gasteiger partial charge in [0.25, 0.3) is 5.91 Å². The Labute approximate surface area is 169 Å². The third kappa shape index (κ3) is 4.72. The number of para-hydroxylation sites is 1. The summed E-state index contributed by atoms with van der Waals surface area (Å²) in [5.74, 6) is -0.561. The van der Waals surface area contributed by atoms with Crippen molar-refractivity contribution in [3.05, 3.63) is 72.3 Å². The van der Waals surface area contributed by atoms with Gasteiger partial charge in [0.15, 0.2) is 0 Å². The fraction of sp³-hybridized carbons (Fsp3) is 0.143. The quantitative estimate of drug-likeness (QED) is 0.481. The number of anilines is 1. The van der Waals surface area contributed by atoms with Crippen molar-refractivity contribution in [1.29, 1.82) is 0 Å². The maximum absolute atomic E-state index is 12.4. The molecule has 3 aromatic carbocycles. The molecule has 0 fully saturated rings. The lowest BCUT2D eigenvalue weighted by Crippen LogP contribution is -2.39. The first-order chi connectivity index (χ1) is 13.8. The molecule has 0 bridgehead atoms. The topological polar surface area (TPSA) is 99.1 Å². The number of nitrogens with one attached hydrogen (secondary N) is 1. The van der Waals surface area contributed by atoms with E-state index in [4.69, 9.17) is 0 Å². The van der Waals surface area contributed by atoms with Crippen LogP contribution in [0.1, 0.15) is 12.5 Å². The first-order valence-electron chi connectivity index (χ1n) is 8.84. The van der Waals surface area contributed by atoms with Crippen LogP contribution in [-0.4, -0.2) is 37.9 Å². The molecule has 3 rings (SSSR count). The molecule has 0 aromatic heterocycles. The second-order valence-electron chi connectivity index (χ2n) is 6.52. The summed E-state index contributed by atoms with van der Waals surface area (Å²) < 4.78 is 25.8. The summed E-state index contributed by atoms with van der Waals surface area (Å²) >= 11 is 0. The number of hydrogen-bond acceptors (Lipinski definition) is 5. The number of carbonyl (C=O) groups excluding carboxylic acids is 1. The Morgan fingerprint density at radius 2 is 1.69 bits per heavy atom. The Morgan fingerprint density at radius 1 is 1.03 bits per heavy atom. The molecule has 7 nitrogen and oxygen atoms in total. The van der Waals surface area contributed by atoms with Gasteiger partial charge >= 0.3 is 0 Å². The van der Waals surface area contributed by atoms with Crippen LogP contribution in [-0.2, 0) is 14.8 Å². The number of hydrogen-bond donors (Lipinski definition) is 2. The minimum Gasteiger partial charge on any atom is -0.507 e. The van der Waals surface area contributed by atoms with Crippen molar-refractivity contribution in [2.45, 2.75) is 6.92 Å². The van der Waals surface area contributed by atoms with Gasteiger partial charge in [0, 0.05) is 10.9 Å². The van der Waals surface area contributed by atoms with Gasteiger partial charge < -0.3 is 5.11 Å². The van der Waals surface area contributed by atoms with Gasteiger partial charge in [0.2, 0.25) is 10.0 Å². The molecule has 0 aliphatic heterocycles. The van der Waals surface area contributed by atoms with Crippen molar-refractivity contribution < 1.29 is 18.3 Å². The van der Waals surface area contributed by atoms with Gasteiger partial charge in [-0.25, -0.2) is 13.8 Å². The largest absolute Gasteiger partial charge is 0.507 e. The van der Waals surface area contributed by atoms with Gasteiger partial charge in [-0.2, -0.15) is 5.10 Å². The molecule has 150 valence electrons. The molecule has 0 saturated carbocycles. The Hall–Kier alpha value is -3.39. The smallest absolute Gasteiger partial charge is 0.260 e. The van der Waals surface area contributed by atoms with E-state index < -0.39 is 22.5 Å². The average Bonchev–Trinajstić information content (AvgIpc) is 2.69. The number of benzene rings is 3. The maximum Gasteiger partial charge on any atom is 0.260 e. The van der Waals surface area contributed by atoms with Gasteiger partial charge in [-0.05, 0) is 30.5 Å². The van der Waals surface area contributed by atoms with Crippen molar-refractivity contribution in [2.24, 2.45) is 5.10 Å². The van der Waals surface area contributed by atoms with Crippen LogP contribution < -0.4 is 9.73 Å². The third-order valence-corrected chi connectivity index (χ3v) is 5.49. The molecule has 8 heteroatoms. The number of fused-ring (bicyclic) bond motifs is 1. The summed E-state index contributed by atoms with van der Waals surface area (Å²) in [5.41, 5.74) is 3.65. The fourth-order valence-corrected chi connectivity index (χ4v) is 3.83. The Bertz CT molecular complexity index is 1180. The fourth-order valence-electron chi connectivity index (χ4n) is 2.96. The monoisotopic (exact) mass is 411 g/mol. The van der Waals surface area contributed by atoms with Crippen molar-refractivity contribution in [2.75, 3.05) is 17.1 Å². The van der Waals surface area contributed by atoms with Crippen LogP contribution in [0.5, 0.6) is 5.75 Å². The minimum atomic E-state index is -3.72. The molecule has 0 spiro atoms. The standard InChI is InChI=1S/C21H21N3O4S/c1-15(17-10-5-6-13-20(17)25)22-23-21(26)14-24(29(2,27)28)19-12-7-9-16-8-3-4-11-18(16)19/h3-13,25H,14H2,1-2H3,(H,23,26). The molecule has 29 heavy (non-hydrogen) atoms. The maximum atomic E-state index is 12.4. The van der Waals surface area contributed by atoms with Crippen molar-refractivity contribution >= 4 is 38.1 Å². The van der Waals surface area contributed by atoms with E-state index in [0.29, 0.717) is 17.0 Å². The van der Waals surface area contributed by atoms with E-state index in [1.54, 1.807) is 43.3 Å². The summed E-state index contributed by atoms with van der Waals surface area (Å²) in [7, 11) is -3.72. The number of sulfonamides is 1. The summed E-state index contributed by atoms with van der Waals surface area (Å²) in [5, 5.41) is 15.4. The SMILES string of the molecule is CC(=NNC(=O)CN(c1cccc2ccccc12)S(C)(=O)=O)c1ccccc1O. The summed E-state index contributed by atoms with van der Waals surface area (Å²) in [6.07, 6.45) is 1.05. The molecule has 0 heterocycles. The summed E-state index contributed by atoms with van der Waals surface area (Å²) in [6.45, 7) is 1.21. The first-order valence-corrected chi connectivity index (χ1v) is 10.7. The summed E-state index contributed by atoms with van der Waals surface area (Å²) in [4.78, 5) is 12.4. The van der Waals surface area contributed by atoms with Crippen LogP contribution in [0.2, 0.25) is 0 Å². The van der Waals surface area contributed by atoms with Gasteiger partial charge in [0.05, 0.1) is 17.7 Å². The van der Waals surface area contributed by atoms with Crippen molar-refractivity contribution in [3.63, 3.8) is 0 Å². The van der Waals surface area contributed by atoms with Crippen LogP contribution in [0.4, 0.5) is 5.69 Å². The highest BCUT2D eigenvalue weighted by Gasteiger charge is 2.22. The Balaban J connectivity index is 1.85. The van der Waals surface area contributed by atoms with E-state index in [1.165, 1.54) is 6.07 Å². The molecule has 0 aliphatic rings. The van der Waals surface area contributed by atoms with Gasteiger partial charge in [-0.15, -0.1) is 0 Å². The van der Waals surface area contributed by atoms with E-state index in [2.05, 4.69) is 10.5 Å². The van der Waals surface area contributed by atoms with Gasteiger partial charge in [-0.1, -0.05) is 48.5 Å². The van der Waals surface area contributed by atoms with Gasteiger partial charge in [-0.3, -0.25) is 9.10 Å². The molecule has 0 radical (unpaired) electrons. The Morgan fingerprint density at radius 3 is 2.41 bits per heavy atom. The second kappa shape index (κ2) is 8.32. The van der Waals surface area contributed by atoms with Crippen LogP contribution in [0.3, 0.4) is 0 Å². The zero-order valence-electron chi connectivity index (χ0n) is 16.0. The lowest BCUT2D eigenvalue weighted by atomic mass is 10.1. The third-order valence-electron chi connectivity index (χ3n) is 4.37. The number of nitrogens with zero attached hydrogens (tertiary/aromatic N) is 2. The summed E-state index contributed by atoms with van der Waals surface area (Å²) in [6, 6.07) is 19.2. The Kier molecular flexibility index (Phi) is 5.84. The lowest BCUT2D eigenvalue weighted by molar-refractivity contribution is -0.119. The van der Waals surface area contributed by atoms with Gasteiger partial charge in [0.1, 0.15) is 12.3 Å². The molecule has 0 aliphatic carbocycles. The molecule has 0 atom stereocenters. The predicted octanol–water partition coefficient (Wildman–Crippen LogP) is 2.85. The second-order valence-corrected chi connectivity index (χ2v) is 8.42.